The van der Waals surface area contributed by atoms with Gasteiger partial charge in [0, 0.05) is 18.3 Å². The first kappa shape index (κ1) is 13.7. The van der Waals surface area contributed by atoms with E-state index >= 15 is 0 Å². The number of nitrogens with zero attached hydrogens (tertiary/aromatic N) is 1. The van der Waals surface area contributed by atoms with Gasteiger partial charge < -0.3 is 10.6 Å². The normalized spacial score (nSPS) is 9.44. The van der Waals surface area contributed by atoms with E-state index in [2.05, 4.69) is 10.6 Å². The number of amides is 2. The molecule has 0 aliphatic heterocycles. The maximum absolute atomic E-state index is 11.4. The number of anilines is 2. The highest BCUT2D eigenvalue weighted by Gasteiger charge is 2.10. The second kappa shape index (κ2) is 5.82. The van der Waals surface area contributed by atoms with Crippen molar-refractivity contribution in [3.63, 3.8) is 0 Å². The third-order valence-corrected chi connectivity index (χ3v) is 2.49. The molecule has 0 saturated carbocycles. The van der Waals surface area contributed by atoms with Crippen molar-refractivity contribution in [3.05, 3.63) is 23.3 Å². The van der Waals surface area contributed by atoms with Gasteiger partial charge in [-0.15, -0.1) is 0 Å². The van der Waals surface area contributed by atoms with Gasteiger partial charge in [0.05, 0.1) is 6.07 Å². The summed E-state index contributed by atoms with van der Waals surface area (Å²) in [5.41, 5.74) is 2.99. The predicted octanol–water partition coefficient (Wildman–Crippen LogP) is 2.11. The fraction of sp³-hybridized carbons (Fsp3) is 0.308. The molecule has 18 heavy (non-hydrogen) atoms. The van der Waals surface area contributed by atoms with Crippen molar-refractivity contribution in [1.82, 2.24) is 0 Å². The second-order valence-corrected chi connectivity index (χ2v) is 3.99. The van der Waals surface area contributed by atoms with Gasteiger partial charge in [0.15, 0.2) is 0 Å². The number of carbonyl (C=O) groups excluding carboxylic acids is 2. The van der Waals surface area contributed by atoms with Crippen LogP contribution < -0.4 is 10.6 Å². The van der Waals surface area contributed by atoms with Gasteiger partial charge in [0.25, 0.3) is 0 Å². The van der Waals surface area contributed by atoms with Crippen LogP contribution in [-0.2, 0) is 9.59 Å². The summed E-state index contributed by atoms with van der Waals surface area (Å²) in [6.07, 6.45) is -0.192. The van der Waals surface area contributed by atoms with Crippen LogP contribution in [0, 0.1) is 25.2 Å². The van der Waals surface area contributed by atoms with Gasteiger partial charge in [-0.25, -0.2) is 0 Å². The van der Waals surface area contributed by atoms with Crippen LogP contribution in [-0.4, -0.2) is 11.8 Å². The topological polar surface area (TPSA) is 82.0 Å². The molecule has 0 radical (unpaired) electrons. The van der Waals surface area contributed by atoms with Crippen LogP contribution in [0.1, 0.15) is 24.5 Å². The summed E-state index contributed by atoms with van der Waals surface area (Å²) in [7, 11) is 0. The number of aryl methyl sites for hydroxylation is 1. The molecule has 1 aromatic carbocycles. The zero-order valence-corrected chi connectivity index (χ0v) is 10.6. The van der Waals surface area contributed by atoms with E-state index in [-0.39, 0.29) is 18.2 Å². The Balaban J connectivity index is 3.05. The molecule has 0 spiro atoms. The molecule has 5 nitrogen and oxygen atoms in total. The van der Waals surface area contributed by atoms with E-state index in [9.17, 15) is 9.59 Å². The van der Waals surface area contributed by atoms with Crippen LogP contribution in [0.3, 0.4) is 0 Å². The van der Waals surface area contributed by atoms with E-state index in [1.807, 2.05) is 6.92 Å². The molecule has 0 bridgehead atoms. The van der Waals surface area contributed by atoms with Crippen molar-refractivity contribution in [3.8, 4) is 6.07 Å². The van der Waals surface area contributed by atoms with Crippen LogP contribution in [0.5, 0.6) is 0 Å². The Bertz CT molecular complexity index is 530. The van der Waals surface area contributed by atoms with Crippen LogP contribution in [0.4, 0.5) is 11.4 Å². The van der Waals surface area contributed by atoms with E-state index in [1.165, 1.54) is 6.92 Å². The summed E-state index contributed by atoms with van der Waals surface area (Å²) in [5.74, 6) is -0.528. The monoisotopic (exact) mass is 245 g/mol. The molecule has 1 aromatic rings. The second-order valence-electron chi connectivity index (χ2n) is 3.99. The minimum absolute atomic E-state index is 0.165. The third-order valence-electron chi connectivity index (χ3n) is 2.49. The summed E-state index contributed by atoms with van der Waals surface area (Å²) >= 11 is 0. The maximum atomic E-state index is 11.4. The van der Waals surface area contributed by atoms with Crippen molar-refractivity contribution in [2.45, 2.75) is 27.2 Å². The van der Waals surface area contributed by atoms with Crippen molar-refractivity contribution in [2.24, 2.45) is 0 Å². The minimum atomic E-state index is -0.363. The van der Waals surface area contributed by atoms with Crippen molar-refractivity contribution in [1.29, 1.82) is 5.26 Å². The van der Waals surface area contributed by atoms with E-state index < -0.39 is 0 Å². The van der Waals surface area contributed by atoms with E-state index in [0.717, 1.165) is 11.1 Å². The molecule has 0 heterocycles. The predicted molar refractivity (Wildman–Crippen MR) is 69.1 cm³/mol. The van der Waals surface area contributed by atoms with Gasteiger partial charge in [0.2, 0.25) is 11.8 Å². The fourth-order valence-electron chi connectivity index (χ4n) is 1.62. The zero-order valence-electron chi connectivity index (χ0n) is 10.6. The summed E-state index contributed by atoms with van der Waals surface area (Å²) in [5, 5.41) is 13.8. The summed E-state index contributed by atoms with van der Waals surface area (Å²) < 4.78 is 0. The standard InChI is InChI=1S/C13H15N3O2/c1-8-4-5-11(16-12(18)6-7-14)9(2)13(8)15-10(3)17/h4-5H,6H2,1-3H3,(H,15,17)(H,16,18). The Morgan fingerprint density at radius 1 is 1.28 bits per heavy atom. The van der Waals surface area contributed by atoms with Crippen molar-refractivity contribution in [2.75, 3.05) is 10.6 Å². The first-order valence-electron chi connectivity index (χ1n) is 5.50. The average Bonchev–Trinajstić information content (AvgIpc) is 2.28. The molecule has 0 fully saturated rings. The minimum Gasteiger partial charge on any atom is -0.326 e. The lowest BCUT2D eigenvalue weighted by Crippen LogP contribution is -2.14. The Labute approximate surface area is 106 Å². The van der Waals surface area contributed by atoms with Crippen molar-refractivity contribution >= 4 is 23.2 Å². The lowest BCUT2D eigenvalue weighted by Gasteiger charge is -2.14. The molecule has 0 aliphatic rings. The summed E-state index contributed by atoms with van der Waals surface area (Å²) in [6.45, 7) is 5.11. The van der Waals surface area contributed by atoms with Crippen LogP contribution >= 0.6 is 0 Å². The van der Waals surface area contributed by atoms with Gasteiger partial charge in [-0.05, 0) is 31.0 Å². The Hall–Kier alpha value is -2.35. The van der Waals surface area contributed by atoms with E-state index in [1.54, 1.807) is 25.1 Å². The number of nitrogens with one attached hydrogen (secondary N) is 2. The number of nitriles is 1. The Kier molecular flexibility index (Phi) is 4.44. The highest BCUT2D eigenvalue weighted by Crippen LogP contribution is 2.27. The molecular weight excluding hydrogens is 230 g/mol. The highest BCUT2D eigenvalue weighted by atomic mass is 16.2. The smallest absolute Gasteiger partial charge is 0.238 e. The molecule has 0 saturated heterocycles. The average molecular weight is 245 g/mol. The number of benzene rings is 1. The largest absolute Gasteiger partial charge is 0.326 e. The van der Waals surface area contributed by atoms with Gasteiger partial charge in [0.1, 0.15) is 6.42 Å². The maximum Gasteiger partial charge on any atom is 0.238 e. The van der Waals surface area contributed by atoms with E-state index in [4.69, 9.17) is 5.26 Å². The number of hydrogen-bond acceptors (Lipinski definition) is 3. The SMILES string of the molecule is CC(=O)Nc1c(C)ccc(NC(=O)CC#N)c1C. The molecule has 0 atom stereocenters. The molecule has 94 valence electrons. The van der Waals surface area contributed by atoms with Crippen LogP contribution in [0.25, 0.3) is 0 Å². The Morgan fingerprint density at radius 2 is 1.94 bits per heavy atom. The molecule has 2 amide bonds. The van der Waals surface area contributed by atoms with E-state index in [0.29, 0.717) is 11.4 Å². The molecule has 1 rings (SSSR count). The first-order valence-corrected chi connectivity index (χ1v) is 5.50. The summed E-state index contributed by atoms with van der Waals surface area (Å²) in [4.78, 5) is 22.5. The van der Waals surface area contributed by atoms with Crippen molar-refractivity contribution < 1.29 is 9.59 Å². The third kappa shape index (κ3) is 3.32. The first-order chi connectivity index (χ1) is 8.45. The highest BCUT2D eigenvalue weighted by molar-refractivity contribution is 5.96. The Morgan fingerprint density at radius 3 is 2.50 bits per heavy atom. The summed E-state index contributed by atoms with van der Waals surface area (Å²) in [6, 6.07) is 5.34. The molecule has 0 unspecified atom stereocenters. The van der Waals surface area contributed by atoms with Gasteiger partial charge in [-0.2, -0.15) is 5.26 Å². The van der Waals surface area contributed by atoms with Gasteiger partial charge in [-0.3, -0.25) is 9.59 Å². The molecule has 5 heteroatoms. The fourth-order valence-corrected chi connectivity index (χ4v) is 1.62. The number of hydrogen-bond donors (Lipinski definition) is 2. The zero-order chi connectivity index (χ0) is 13.7. The molecule has 2 N–H and O–H groups in total. The lowest BCUT2D eigenvalue weighted by atomic mass is 10.1. The molecule has 0 aromatic heterocycles. The van der Waals surface area contributed by atoms with Crippen LogP contribution in [0.2, 0.25) is 0 Å². The quantitative estimate of drug-likeness (QED) is 0.855. The number of carbonyl (C=O) groups is 2. The molecule has 0 aliphatic carbocycles. The van der Waals surface area contributed by atoms with Crippen LogP contribution in [0.15, 0.2) is 12.1 Å². The van der Waals surface area contributed by atoms with Gasteiger partial charge >= 0.3 is 0 Å². The molecular formula is C13H15N3O2. The lowest BCUT2D eigenvalue weighted by molar-refractivity contribution is -0.115. The van der Waals surface area contributed by atoms with Gasteiger partial charge in [-0.1, -0.05) is 6.07 Å². The number of rotatable bonds is 3.